The molecule has 0 aliphatic carbocycles. The fraction of sp³-hybridized carbons (Fsp3) is 0.727. The lowest BCUT2D eigenvalue weighted by atomic mass is 10.3. The molecule has 0 saturated heterocycles. The Hall–Kier alpha value is -0.870. The normalized spacial score (nSPS) is 13.4. The van der Waals surface area contributed by atoms with E-state index in [2.05, 4.69) is 17.1 Å². The van der Waals surface area contributed by atoms with Gasteiger partial charge in [0, 0.05) is 25.2 Å². The highest BCUT2D eigenvalue weighted by Crippen LogP contribution is 1.87. The molecule has 0 aromatic carbocycles. The molecular formula is C11H22N2O2. The fourth-order valence-corrected chi connectivity index (χ4v) is 0.904. The van der Waals surface area contributed by atoms with Gasteiger partial charge in [-0.3, -0.25) is 0 Å². The van der Waals surface area contributed by atoms with Gasteiger partial charge < -0.3 is 15.0 Å². The number of nitrogens with one attached hydrogen (secondary N) is 1. The number of hydrogen-bond donors (Lipinski definition) is 1. The first-order valence-corrected chi connectivity index (χ1v) is 5.28. The second kappa shape index (κ2) is 8.44. The van der Waals surface area contributed by atoms with Crippen molar-refractivity contribution in [3.63, 3.8) is 0 Å². The summed E-state index contributed by atoms with van der Waals surface area (Å²) in [4.78, 5) is 13.0. The molecular weight excluding hydrogens is 192 g/mol. The van der Waals surface area contributed by atoms with Crippen LogP contribution in [-0.2, 0) is 9.53 Å². The number of ether oxygens (including phenoxy) is 1. The first-order chi connectivity index (χ1) is 7.07. The second-order valence-electron chi connectivity index (χ2n) is 3.63. The van der Waals surface area contributed by atoms with Crippen molar-refractivity contribution in [2.75, 3.05) is 33.8 Å². The minimum Gasteiger partial charge on any atom is -0.463 e. The van der Waals surface area contributed by atoms with Crippen LogP contribution in [-0.4, -0.2) is 50.7 Å². The van der Waals surface area contributed by atoms with Gasteiger partial charge in [0.1, 0.15) is 0 Å². The van der Waals surface area contributed by atoms with Crippen LogP contribution in [0.25, 0.3) is 0 Å². The highest BCUT2D eigenvalue weighted by molar-refractivity contribution is 5.81. The number of likely N-dealkylation sites (N-methyl/N-ethyl adjacent to an activating group) is 1. The van der Waals surface area contributed by atoms with Crippen LogP contribution < -0.4 is 5.32 Å². The fourth-order valence-electron chi connectivity index (χ4n) is 0.904. The lowest BCUT2D eigenvalue weighted by Crippen LogP contribution is -2.35. The summed E-state index contributed by atoms with van der Waals surface area (Å²) < 4.78 is 4.75. The Kier molecular flexibility index (Phi) is 7.95. The van der Waals surface area contributed by atoms with Crippen LogP contribution in [0.15, 0.2) is 12.2 Å². The van der Waals surface area contributed by atoms with E-state index in [9.17, 15) is 4.79 Å². The van der Waals surface area contributed by atoms with Gasteiger partial charge in [-0.05, 0) is 27.9 Å². The van der Waals surface area contributed by atoms with Crippen LogP contribution in [0.3, 0.4) is 0 Å². The number of esters is 1. The lowest BCUT2D eigenvalue weighted by molar-refractivity contribution is -0.137. The van der Waals surface area contributed by atoms with Gasteiger partial charge >= 0.3 is 5.97 Å². The highest BCUT2D eigenvalue weighted by Gasteiger charge is 2.01. The molecule has 15 heavy (non-hydrogen) atoms. The molecule has 1 atom stereocenters. The predicted molar refractivity (Wildman–Crippen MR) is 61.8 cm³/mol. The molecule has 1 N–H and O–H groups in total. The van der Waals surface area contributed by atoms with Crippen molar-refractivity contribution in [3.05, 3.63) is 12.2 Å². The zero-order chi connectivity index (χ0) is 11.7. The standard InChI is InChI=1S/C11H22N2O2/c1-5-15-11(14)7-6-8-12-9-10(2)13(3)4/h6-7,10,12H,5,8-9H2,1-4H3/b7-6+. The van der Waals surface area contributed by atoms with Crippen molar-refractivity contribution >= 4 is 5.97 Å². The maximum absolute atomic E-state index is 10.9. The first kappa shape index (κ1) is 14.1. The van der Waals surface area contributed by atoms with Crippen LogP contribution in [0, 0.1) is 0 Å². The van der Waals surface area contributed by atoms with Crippen LogP contribution in [0.1, 0.15) is 13.8 Å². The third kappa shape index (κ3) is 8.15. The van der Waals surface area contributed by atoms with Gasteiger partial charge in [0.15, 0.2) is 0 Å². The Labute approximate surface area is 92.3 Å². The topological polar surface area (TPSA) is 41.6 Å². The van der Waals surface area contributed by atoms with Crippen molar-refractivity contribution in [1.82, 2.24) is 10.2 Å². The zero-order valence-electron chi connectivity index (χ0n) is 10.1. The second-order valence-corrected chi connectivity index (χ2v) is 3.63. The summed E-state index contributed by atoms with van der Waals surface area (Å²) in [7, 11) is 4.08. The maximum atomic E-state index is 10.9. The van der Waals surface area contributed by atoms with E-state index < -0.39 is 0 Å². The Balaban J connectivity index is 3.49. The number of rotatable bonds is 7. The number of nitrogens with zero attached hydrogens (tertiary/aromatic N) is 1. The zero-order valence-corrected chi connectivity index (χ0v) is 10.1. The Morgan fingerprint density at radius 1 is 1.53 bits per heavy atom. The quantitative estimate of drug-likeness (QED) is 0.384. The molecule has 0 aliphatic heterocycles. The van der Waals surface area contributed by atoms with Gasteiger partial charge in [0.25, 0.3) is 0 Å². The number of carbonyl (C=O) groups excluding carboxylic acids is 1. The smallest absolute Gasteiger partial charge is 0.330 e. The van der Waals surface area contributed by atoms with Gasteiger partial charge in [-0.15, -0.1) is 0 Å². The SMILES string of the molecule is CCOC(=O)/C=C/CNCC(C)N(C)C. The van der Waals surface area contributed by atoms with E-state index in [0.29, 0.717) is 19.2 Å². The summed E-state index contributed by atoms with van der Waals surface area (Å²) in [6.45, 7) is 5.95. The monoisotopic (exact) mass is 214 g/mol. The Morgan fingerprint density at radius 3 is 2.73 bits per heavy atom. The first-order valence-electron chi connectivity index (χ1n) is 5.28. The average molecular weight is 214 g/mol. The van der Waals surface area contributed by atoms with Gasteiger partial charge in [-0.1, -0.05) is 6.08 Å². The molecule has 4 nitrogen and oxygen atoms in total. The van der Waals surface area contributed by atoms with Crippen molar-refractivity contribution in [2.45, 2.75) is 19.9 Å². The summed E-state index contributed by atoms with van der Waals surface area (Å²) in [6.07, 6.45) is 3.23. The van der Waals surface area contributed by atoms with E-state index in [1.165, 1.54) is 6.08 Å². The van der Waals surface area contributed by atoms with Gasteiger partial charge in [0.2, 0.25) is 0 Å². The van der Waals surface area contributed by atoms with E-state index in [-0.39, 0.29) is 5.97 Å². The van der Waals surface area contributed by atoms with Gasteiger partial charge in [-0.25, -0.2) is 4.79 Å². The number of hydrogen-bond acceptors (Lipinski definition) is 4. The molecule has 0 rings (SSSR count). The summed E-state index contributed by atoms with van der Waals surface area (Å²) >= 11 is 0. The molecule has 0 radical (unpaired) electrons. The van der Waals surface area contributed by atoms with E-state index in [1.54, 1.807) is 13.0 Å². The Bertz CT molecular complexity index is 203. The van der Waals surface area contributed by atoms with Crippen LogP contribution in [0.2, 0.25) is 0 Å². The average Bonchev–Trinajstić information content (AvgIpc) is 2.17. The lowest BCUT2D eigenvalue weighted by Gasteiger charge is -2.19. The molecule has 0 amide bonds. The molecule has 0 aromatic heterocycles. The van der Waals surface area contributed by atoms with Crippen LogP contribution >= 0.6 is 0 Å². The van der Waals surface area contributed by atoms with Gasteiger partial charge in [-0.2, -0.15) is 0 Å². The summed E-state index contributed by atoms with van der Waals surface area (Å²) in [5.74, 6) is -0.278. The molecule has 0 heterocycles. The third-order valence-corrected chi connectivity index (χ3v) is 2.12. The largest absolute Gasteiger partial charge is 0.463 e. The molecule has 4 heteroatoms. The summed E-state index contributed by atoms with van der Waals surface area (Å²) in [5.41, 5.74) is 0. The Morgan fingerprint density at radius 2 is 2.20 bits per heavy atom. The van der Waals surface area contributed by atoms with Crippen molar-refractivity contribution in [3.8, 4) is 0 Å². The minimum absolute atomic E-state index is 0.278. The molecule has 0 saturated carbocycles. The van der Waals surface area contributed by atoms with Crippen molar-refractivity contribution in [1.29, 1.82) is 0 Å². The van der Waals surface area contributed by atoms with Crippen LogP contribution in [0.5, 0.6) is 0 Å². The van der Waals surface area contributed by atoms with Crippen molar-refractivity contribution in [2.24, 2.45) is 0 Å². The molecule has 88 valence electrons. The predicted octanol–water partition coefficient (Wildman–Crippen LogP) is 0.645. The maximum Gasteiger partial charge on any atom is 0.330 e. The molecule has 0 fully saturated rings. The summed E-state index contributed by atoms with van der Waals surface area (Å²) in [5, 5.41) is 3.23. The highest BCUT2D eigenvalue weighted by atomic mass is 16.5. The molecule has 0 aromatic rings. The third-order valence-electron chi connectivity index (χ3n) is 2.12. The van der Waals surface area contributed by atoms with E-state index >= 15 is 0 Å². The van der Waals surface area contributed by atoms with E-state index in [4.69, 9.17) is 4.74 Å². The molecule has 0 aliphatic rings. The van der Waals surface area contributed by atoms with Crippen molar-refractivity contribution < 1.29 is 9.53 Å². The summed E-state index contributed by atoms with van der Waals surface area (Å²) in [6, 6.07) is 0.487. The number of carbonyl (C=O) groups is 1. The van der Waals surface area contributed by atoms with Gasteiger partial charge in [0.05, 0.1) is 6.61 Å². The molecule has 0 bridgehead atoms. The van der Waals surface area contributed by atoms with E-state index in [1.807, 2.05) is 14.1 Å². The minimum atomic E-state index is -0.278. The molecule has 1 unspecified atom stereocenters. The van der Waals surface area contributed by atoms with Crippen LogP contribution in [0.4, 0.5) is 0 Å². The van der Waals surface area contributed by atoms with E-state index in [0.717, 1.165) is 6.54 Å². The molecule has 0 spiro atoms.